The van der Waals surface area contributed by atoms with E-state index in [4.69, 9.17) is 23.7 Å². The van der Waals surface area contributed by atoms with Gasteiger partial charge in [-0.1, -0.05) is 60.7 Å². The van der Waals surface area contributed by atoms with Crippen LogP contribution < -0.4 is 0 Å². The van der Waals surface area contributed by atoms with Gasteiger partial charge in [-0.2, -0.15) is 0 Å². The van der Waals surface area contributed by atoms with Crippen molar-refractivity contribution in [3.63, 3.8) is 0 Å². The van der Waals surface area contributed by atoms with Gasteiger partial charge < -0.3 is 23.7 Å². The Kier molecular flexibility index (Phi) is 7.07. The fourth-order valence-corrected chi connectivity index (χ4v) is 2.85. The van der Waals surface area contributed by atoms with E-state index in [-0.39, 0.29) is 13.2 Å². The number of hydrogen-bond acceptors (Lipinski definition) is 8. The lowest BCUT2D eigenvalue weighted by Gasteiger charge is -2.22. The van der Waals surface area contributed by atoms with E-state index in [0.717, 1.165) is 12.5 Å². The van der Waals surface area contributed by atoms with E-state index in [1.807, 2.05) is 6.07 Å². The van der Waals surface area contributed by atoms with Crippen molar-refractivity contribution in [2.24, 2.45) is 0 Å². The molecule has 31 heavy (non-hydrogen) atoms. The summed E-state index contributed by atoms with van der Waals surface area (Å²) < 4.78 is 39.4. The Morgan fingerprint density at radius 1 is 0.903 bits per heavy atom. The zero-order valence-corrected chi connectivity index (χ0v) is 16.7. The topological polar surface area (TPSA) is 97.4 Å². The van der Waals surface area contributed by atoms with Gasteiger partial charge in [-0.15, -0.1) is 0 Å². The van der Waals surface area contributed by atoms with E-state index in [9.17, 15) is 18.8 Å². The van der Waals surface area contributed by atoms with E-state index in [1.165, 1.54) is 0 Å². The molecule has 0 amide bonds. The summed E-state index contributed by atoms with van der Waals surface area (Å²) in [4.78, 5) is 35.6. The van der Waals surface area contributed by atoms with Crippen molar-refractivity contribution in [3.8, 4) is 0 Å². The lowest BCUT2D eigenvalue weighted by atomic mass is 10.0. The zero-order valence-electron chi connectivity index (χ0n) is 16.7. The monoisotopic (exact) mass is 432 g/mol. The number of alkyl halides is 1. The van der Waals surface area contributed by atoms with Crippen molar-refractivity contribution in [3.05, 3.63) is 71.8 Å². The van der Waals surface area contributed by atoms with Crippen molar-refractivity contribution < 1.29 is 42.5 Å². The van der Waals surface area contributed by atoms with Gasteiger partial charge in [0.15, 0.2) is 12.2 Å². The van der Waals surface area contributed by atoms with Crippen LogP contribution in [0.2, 0.25) is 0 Å². The molecule has 2 aromatic rings. The van der Waals surface area contributed by atoms with Crippen molar-refractivity contribution in [2.75, 3.05) is 6.61 Å². The summed E-state index contributed by atoms with van der Waals surface area (Å²) in [6.45, 7) is 0.224. The van der Waals surface area contributed by atoms with Crippen molar-refractivity contribution in [2.45, 2.75) is 38.0 Å². The SMILES string of the molecule is C[C@]1(F)C(=O)O[C@H](COC(=O)OCc2ccccc2)[C@H]1OC(=O)OCc1ccccc1. The fraction of sp³-hybridized carbons (Fsp3) is 0.318. The first-order valence-corrected chi connectivity index (χ1v) is 9.47. The standard InChI is InChI=1S/C22H21FO8/c1-22(23)18(31-21(26)28-13-16-10-6-3-7-11-16)17(30-19(22)24)14-29-20(25)27-12-15-8-4-2-5-9-15/h2-11,17-18H,12-14H2,1H3/t17-,18-,22-/m1/s1. The molecule has 3 atom stereocenters. The molecule has 0 saturated carbocycles. The van der Waals surface area contributed by atoms with Crippen molar-refractivity contribution in [1.82, 2.24) is 0 Å². The summed E-state index contributed by atoms with van der Waals surface area (Å²) in [5, 5.41) is 0. The maximum absolute atomic E-state index is 14.8. The molecule has 9 heteroatoms. The second-order valence-electron chi connectivity index (χ2n) is 6.92. The zero-order chi connectivity index (χ0) is 22.3. The molecule has 1 aliphatic rings. The van der Waals surface area contributed by atoms with E-state index < -0.39 is 42.8 Å². The highest BCUT2D eigenvalue weighted by molar-refractivity contribution is 5.83. The van der Waals surface area contributed by atoms with Gasteiger partial charge in [-0.3, -0.25) is 0 Å². The predicted molar refractivity (Wildman–Crippen MR) is 103 cm³/mol. The smallest absolute Gasteiger partial charge is 0.452 e. The van der Waals surface area contributed by atoms with E-state index in [1.54, 1.807) is 54.6 Å². The molecular weight excluding hydrogens is 411 g/mol. The minimum Gasteiger partial charge on any atom is -0.452 e. The Bertz CT molecular complexity index is 900. The number of benzene rings is 2. The highest BCUT2D eigenvalue weighted by Crippen LogP contribution is 2.33. The van der Waals surface area contributed by atoms with E-state index >= 15 is 0 Å². The van der Waals surface area contributed by atoms with Gasteiger partial charge in [0.2, 0.25) is 5.67 Å². The average molecular weight is 432 g/mol. The molecule has 3 rings (SSSR count). The summed E-state index contributed by atoms with van der Waals surface area (Å²) in [7, 11) is 0. The normalized spacial score (nSPS) is 22.3. The second kappa shape index (κ2) is 9.92. The molecule has 0 bridgehead atoms. The van der Waals surface area contributed by atoms with E-state index in [2.05, 4.69) is 0 Å². The quantitative estimate of drug-likeness (QED) is 0.482. The molecular formula is C22H21FO8. The molecule has 0 N–H and O–H groups in total. The third-order valence-corrected chi connectivity index (χ3v) is 4.52. The van der Waals surface area contributed by atoms with Crippen LogP contribution >= 0.6 is 0 Å². The van der Waals surface area contributed by atoms with E-state index in [0.29, 0.717) is 5.56 Å². The van der Waals surface area contributed by atoms with Crippen LogP contribution in [0.5, 0.6) is 0 Å². The maximum atomic E-state index is 14.8. The summed E-state index contributed by atoms with van der Waals surface area (Å²) in [5.41, 5.74) is -1.19. The Labute approximate surface area is 177 Å². The largest absolute Gasteiger partial charge is 0.509 e. The molecule has 2 aromatic carbocycles. The molecule has 0 aliphatic carbocycles. The van der Waals surface area contributed by atoms with Gasteiger partial charge in [0, 0.05) is 0 Å². The number of ether oxygens (including phenoxy) is 5. The predicted octanol–water partition coefficient (Wildman–Crippen LogP) is 3.72. The number of hydrogen-bond donors (Lipinski definition) is 0. The number of esters is 1. The molecule has 8 nitrogen and oxygen atoms in total. The second-order valence-corrected chi connectivity index (χ2v) is 6.92. The van der Waals surface area contributed by atoms with Gasteiger partial charge in [-0.25, -0.2) is 18.8 Å². The summed E-state index contributed by atoms with van der Waals surface area (Å²) in [6, 6.07) is 17.7. The first kappa shape index (κ1) is 22.1. The Balaban J connectivity index is 1.51. The Morgan fingerprint density at radius 3 is 1.97 bits per heavy atom. The minimum atomic E-state index is -2.63. The van der Waals surface area contributed by atoms with Gasteiger partial charge >= 0.3 is 18.3 Å². The average Bonchev–Trinajstić information content (AvgIpc) is 2.99. The van der Waals surface area contributed by atoms with Crippen LogP contribution in [0, 0.1) is 0 Å². The van der Waals surface area contributed by atoms with Crippen LogP contribution in [0.25, 0.3) is 0 Å². The van der Waals surface area contributed by atoms with Crippen LogP contribution in [0.15, 0.2) is 60.7 Å². The molecule has 0 unspecified atom stereocenters. The molecule has 1 aliphatic heterocycles. The number of carbonyl (C=O) groups is 3. The highest BCUT2D eigenvalue weighted by atomic mass is 19.1. The molecule has 1 fully saturated rings. The highest BCUT2D eigenvalue weighted by Gasteiger charge is 2.58. The number of rotatable bonds is 7. The van der Waals surface area contributed by atoms with Crippen LogP contribution in [-0.4, -0.2) is 42.8 Å². The minimum absolute atomic E-state index is 0.0311. The summed E-state index contributed by atoms with van der Waals surface area (Å²) in [6.07, 6.45) is -5.24. The Hall–Kier alpha value is -3.62. The summed E-state index contributed by atoms with van der Waals surface area (Å²) in [5.74, 6) is -1.24. The molecule has 164 valence electrons. The van der Waals surface area contributed by atoms with Crippen LogP contribution in [0.1, 0.15) is 18.1 Å². The van der Waals surface area contributed by atoms with Crippen LogP contribution in [0.4, 0.5) is 14.0 Å². The summed E-state index contributed by atoms with van der Waals surface area (Å²) >= 11 is 0. The number of cyclic esters (lactones) is 1. The lowest BCUT2D eigenvalue weighted by molar-refractivity contribution is -0.150. The molecule has 0 spiro atoms. The van der Waals surface area contributed by atoms with Gasteiger partial charge in [0.05, 0.1) is 0 Å². The third kappa shape index (κ3) is 5.94. The van der Waals surface area contributed by atoms with Gasteiger partial charge in [0.1, 0.15) is 19.8 Å². The van der Waals surface area contributed by atoms with Gasteiger partial charge in [-0.05, 0) is 18.1 Å². The van der Waals surface area contributed by atoms with Crippen LogP contribution in [0.3, 0.4) is 0 Å². The number of carbonyl (C=O) groups excluding carboxylic acids is 3. The first-order chi connectivity index (χ1) is 14.9. The van der Waals surface area contributed by atoms with Gasteiger partial charge in [0.25, 0.3) is 0 Å². The molecule has 0 aromatic heterocycles. The molecule has 0 radical (unpaired) electrons. The Morgan fingerprint density at radius 2 is 1.42 bits per heavy atom. The molecule has 1 saturated heterocycles. The maximum Gasteiger partial charge on any atom is 0.509 e. The number of halogens is 1. The lowest BCUT2D eigenvalue weighted by Crippen LogP contribution is -2.44. The van der Waals surface area contributed by atoms with Crippen molar-refractivity contribution in [1.29, 1.82) is 0 Å². The van der Waals surface area contributed by atoms with Crippen molar-refractivity contribution >= 4 is 18.3 Å². The third-order valence-electron chi connectivity index (χ3n) is 4.52. The first-order valence-electron chi connectivity index (χ1n) is 9.47. The molecule has 1 heterocycles. The van der Waals surface area contributed by atoms with Crippen LogP contribution in [-0.2, 0) is 41.7 Å². The fourth-order valence-electron chi connectivity index (χ4n) is 2.85.